The molecule has 0 aliphatic rings. The van der Waals surface area contributed by atoms with Crippen molar-refractivity contribution < 1.29 is 19.4 Å². The van der Waals surface area contributed by atoms with Crippen molar-refractivity contribution in [3.8, 4) is 5.75 Å². The molecule has 2 rings (SSSR count). The van der Waals surface area contributed by atoms with Crippen LogP contribution in [0.3, 0.4) is 0 Å². The molecular formula is C18H18NO4-. The average Bonchev–Trinajstić information content (AvgIpc) is 2.52. The van der Waals surface area contributed by atoms with Crippen molar-refractivity contribution in [2.75, 3.05) is 5.32 Å². The minimum Gasteiger partial charge on any atom is -0.546 e. The van der Waals surface area contributed by atoms with Crippen molar-refractivity contribution in [3.63, 3.8) is 0 Å². The molecule has 1 amide bonds. The number of aryl methyl sites for hydroxylation is 1. The van der Waals surface area contributed by atoms with Gasteiger partial charge in [-0.1, -0.05) is 12.1 Å². The quantitative estimate of drug-likeness (QED) is 0.916. The Morgan fingerprint density at radius 2 is 1.74 bits per heavy atom. The predicted octanol–water partition coefficient (Wildman–Crippen LogP) is 2.07. The molecule has 1 atom stereocenters. The number of carboxylic acids is 1. The molecule has 0 spiro atoms. The van der Waals surface area contributed by atoms with E-state index in [0.29, 0.717) is 11.3 Å². The molecule has 5 nitrogen and oxygen atoms in total. The van der Waals surface area contributed by atoms with E-state index < -0.39 is 12.1 Å². The highest BCUT2D eigenvalue weighted by atomic mass is 16.5. The van der Waals surface area contributed by atoms with E-state index in [1.165, 1.54) is 6.92 Å². The summed E-state index contributed by atoms with van der Waals surface area (Å²) < 4.78 is 5.17. The van der Waals surface area contributed by atoms with E-state index >= 15 is 0 Å². The summed E-state index contributed by atoms with van der Waals surface area (Å²) in [6.07, 6.45) is -1.05. The Balaban J connectivity index is 2.08. The summed E-state index contributed by atoms with van der Waals surface area (Å²) >= 11 is 0. The fourth-order valence-corrected chi connectivity index (χ4v) is 2.02. The SMILES string of the molecule is Cc1cccc(NC(=O)c2ccc(O[C@@H](C)C(=O)[O-])cc2)c1C. The number of benzene rings is 2. The van der Waals surface area contributed by atoms with Crippen LogP contribution in [0.4, 0.5) is 5.69 Å². The summed E-state index contributed by atoms with van der Waals surface area (Å²) in [5.74, 6) is -1.16. The maximum absolute atomic E-state index is 12.3. The van der Waals surface area contributed by atoms with Crippen LogP contribution >= 0.6 is 0 Å². The Labute approximate surface area is 134 Å². The van der Waals surface area contributed by atoms with Crippen LogP contribution in [0.2, 0.25) is 0 Å². The Bertz CT molecular complexity index is 722. The van der Waals surface area contributed by atoms with Gasteiger partial charge in [-0.05, 0) is 62.2 Å². The normalized spacial score (nSPS) is 11.6. The molecule has 0 unspecified atom stereocenters. The third-order valence-corrected chi connectivity index (χ3v) is 3.61. The van der Waals surface area contributed by atoms with Crippen LogP contribution in [-0.4, -0.2) is 18.0 Å². The number of hydrogen-bond donors (Lipinski definition) is 1. The number of carbonyl (C=O) groups excluding carboxylic acids is 2. The van der Waals surface area contributed by atoms with Crippen LogP contribution in [0.15, 0.2) is 42.5 Å². The Morgan fingerprint density at radius 1 is 1.09 bits per heavy atom. The first-order chi connectivity index (χ1) is 10.9. The number of carboxylic acid groups (broad SMARTS) is 1. The van der Waals surface area contributed by atoms with E-state index in [0.717, 1.165) is 16.8 Å². The molecule has 0 radical (unpaired) electrons. The van der Waals surface area contributed by atoms with E-state index in [9.17, 15) is 14.7 Å². The fraction of sp³-hybridized carbons (Fsp3) is 0.222. The summed E-state index contributed by atoms with van der Waals surface area (Å²) in [5, 5.41) is 13.5. The number of carbonyl (C=O) groups is 2. The van der Waals surface area contributed by atoms with Crippen LogP contribution in [0.1, 0.15) is 28.4 Å². The molecule has 0 fully saturated rings. The lowest BCUT2D eigenvalue weighted by Gasteiger charge is -2.15. The van der Waals surface area contributed by atoms with Gasteiger partial charge in [0.25, 0.3) is 5.91 Å². The standard InChI is InChI=1S/C18H19NO4/c1-11-5-4-6-16(12(11)2)19-17(20)14-7-9-15(10-8-14)23-13(3)18(21)22/h4-10,13H,1-3H3,(H,19,20)(H,21,22)/p-1/t13-/m0/s1. The second kappa shape index (κ2) is 6.96. The first kappa shape index (κ1) is 16.5. The third kappa shape index (κ3) is 4.10. The van der Waals surface area contributed by atoms with Crippen molar-refractivity contribution in [3.05, 3.63) is 59.2 Å². The number of rotatable bonds is 5. The van der Waals surface area contributed by atoms with Crippen LogP contribution < -0.4 is 15.2 Å². The number of anilines is 1. The van der Waals surface area contributed by atoms with Gasteiger partial charge < -0.3 is 20.0 Å². The van der Waals surface area contributed by atoms with Crippen LogP contribution in [0.25, 0.3) is 0 Å². The zero-order chi connectivity index (χ0) is 17.0. The van der Waals surface area contributed by atoms with Crippen LogP contribution in [0, 0.1) is 13.8 Å². The van der Waals surface area contributed by atoms with E-state index in [-0.39, 0.29) is 5.91 Å². The molecule has 0 bridgehead atoms. The lowest BCUT2D eigenvalue weighted by Crippen LogP contribution is -2.37. The lowest BCUT2D eigenvalue weighted by molar-refractivity contribution is -0.312. The van der Waals surface area contributed by atoms with Crippen molar-refractivity contribution >= 4 is 17.6 Å². The molecular weight excluding hydrogens is 294 g/mol. The second-order valence-corrected chi connectivity index (χ2v) is 5.31. The zero-order valence-corrected chi connectivity index (χ0v) is 13.3. The third-order valence-electron chi connectivity index (χ3n) is 3.61. The number of amides is 1. The van der Waals surface area contributed by atoms with Gasteiger partial charge in [-0.25, -0.2) is 0 Å². The maximum Gasteiger partial charge on any atom is 0.255 e. The van der Waals surface area contributed by atoms with Crippen molar-refractivity contribution in [2.24, 2.45) is 0 Å². The number of hydrogen-bond acceptors (Lipinski definition) is 4. The summed E-state index contributed by atoms with van der Waals surface area (Å²) in [6.45, 7) is 5.31. The minimum atomic E-state index is -1.29. The maximum atomic E-state index is 12.3. The number of aliphatic carboxylic acids is 1. The van der Waals surface area contributed by atoms with Crippen molar-refractivity contribution in [2.45, 2.75) is 26.9 Å². The average molecular weight is 312 g/mol. The zero-order valence-electron chi connectivity index (χ0n) is 13.3. The van der Waals surface area contributed by atoms with Gasteiger partial charge in [0.1, 0.15) is 11.9 Å². The fourth-order valence-electron chi connectivity index (χ4n) is 2.02. The highest BCUT2D eigenvalue weighted by Gasteiger charge is 2.10. The molecule has 0 aliphatic carbocycles. The van der Waals surface area contributed by atoms with Gasteiger partial charge in [0.2, 0.25) is 0 Å². The molecule has 23 heavy (non-hydrogen) atoms. The van der Waals surface area contributed by atoms with E-state index in [1.54, 1.807) is 24.3 Å². The smallest absolute Gasteiger partial charge is 0.255 e. The largest absolute Gasteiger partial charge is 0.546 e. The highest BCUT2D eigenvalue weighted by molar-refractivity contribution is 6.04. The molecule has 1 N–H and O–H groups in total. The van der Waals surface area contributed by atoms with E-state index in [4.69, 9.17) is 4.74 Å². The van der Waals surface area contributed by atoms with E-state index in [2.05, 4.69) is 5.32 Å². The highest BCUT2D eigenvalue weighted by Crippen LogP contribution is 2.20. The van der Waals surface area contributed by atoms with Crippen LogP contribution in [0.5, 0.6) is 5.75 Å². The number of nitrogens with one attached hydrogen (secondary N) is 1. The molecule has 0 heterocycles. The lowest BCUT2D eigenvalue weighted by atomic mass is 10.1. The Hall–Kier alpha value is -2.82. The molecule has 2 aromatic rings. The van der Waals surface area contributed by atoms with Crippen LogP contribution in [-0.2, 0) is 4.79 Å². The van der Waals surface area contributed by atoms with Gasteiger partial charge in [-0.2, -0.15) is 0 Å². The molecule has 0 aromatic heterocycles. The second-order valence-electron chi connectivity index (χ2n) is 5.31. The predicted molar refractivity (Wildman–Crippen MR) is 85.4 cm³/mol. The first-order valence-corrected chi connectivity index (χ1v) is 7.23. The minimum absolute atomic E-state index is 0.238. The molecule has 0 aliphatic heterocycles. The van der Waals surface area contributed by atoms with Crippen molar-refractivity contribution in [1.29, 1.82) is 0 Å². The summed E-state index contributed by atoms with van der Waals surface area (Å²) in [4.78, 5) is 22.9. The first-order valence-electron chi connectivity index (χ1n) is 7.23. The number of ether oxygens (including phenoxy) is 1. The molecule has 5 heteroatoms. The van der Waals surface area contributed by atoms with Gasteiger partial charge in [-0.3, -0.25) is 4.79 Å². The molecule has 120 valence electrons. The molecule has 2 aromatic carbocycles. The Kier molecular flexibility index (Phi) is 5.01. The van der Waals surface area contributed by atoms with Gasteiger partial charge in [0, 0.05) is 11.3 Å². The van der Waals surface area contributed by atoms with E-state index in [1.807, 2.05) is 32.0 Å². The summed E-state index contributed by atoms with van der Waals surface area (Å²) in [5.41, 5.74) is 3.34. The Morgan fingerprint density at radius 3 is 2.35 bits per heavy atom. The van der Waals surface area contributed by atoms with Gasteiger partial charge in [-0.15, -0.1) is 0 Å². The topological polar surface area (TPSA) is 78.5 Å². The molecule has 0 saturated carbocycles. The summed E-state index contributed by atoms with van der Waals surface area (Å²) in [6, 6.07) is 12.0. The van der Waals surface area contributed by atoms with Crippen molar-refractivity contribution in [1.82, 2.24) is 0 Å². The monoisotopic (exact) mass is 312 g/mol. The van der Waals surface area contributed by atoms with Gasteiger partial charge >= 0.3 is 0 Å². The van der Waals surface area contributed by atoms with Gasteiger partial charge in [0.15, 0.2) is 0 Å². The summed E-state index contributed by atoms with van der Waals surface area (Å²) in [7, 11) is 0. The molecule has 0 saturated heterocycles. The van der Waals surface area contributed by atoms with Gasteiger partial charge in [0.05, 0.1) is 5.97 Å².